The summed E-state index contributed by atoms with van der Waals surface area (Å²) in [4.78, 5) is 25.5. The van der Waals surface area contributed by atoms with Gasteiger partial charge in [0.15, 0.2) is 0 Å². The zero-order chi connectivity index (χ0) is 13.5. The standard InChI is InChI=1S/C12H14ClNO3S/c1-7-5-18-9(8(7)13)10(15)14-4-3-12(2,6-14)11(16)17/h5H,3-4,6H2,1-2H3,(H,16,17). The normalized spacial score (nSPS) is 23.4. The van der Waals surface area contributed by atoms with Crippen LogP contribution in [0.2, 0.25) is 5.02 Å². The van der Waals surface area contributed by atoms with Gasteiger partial charge in [-0.1, -0.05) is 11.6 Å². The van der Waals surface area contributed by atoms with Crippen LogP contribution in [0.3, 0.4) is 0 Å². The Morgan fingerprint density at radius 3 is 2.67 bits per heavy atom. The molecule has 0 saturated carbocycles. The van der Waals surface area contributed by atoms with E-state index in [2.05, 4.69) is 0 Å². The largest absolute Gasteiger partial charge is 0.481 e. The predicted molar refractivity (Wildman–Crippen MR) is 70.3 cm³/mol. The van der Waals surface area contributed by atoms with Gasteiger partial charge in [0.05, 0.1) is 10.4 Å². The molecular weight excluding hydrogens is 274 g/mol. The van der Waals surface area contributed by atoms with E-state index in [1.54, 1.807) is 11.8 Å². The van der Waals surface area contributed by atoms with E-state index in [4.69, 9.17) is 16.7 Å². The molecule has 1 unspecified atom stereocenters. The minimum atomic E-state index is -0.855. The van der Waals surface area contributed by atoms with Gasteiger partial charge in [-0.25, -0.2) is 0 Å². The van der Waals surface area contributed by atoms with E-state index < -0.39 is 11.4 Å². The van der Waals surface area contributed by atoms with Crippen molar-refractivity contribution in [2.45, 2.75) is 20.3 Å². The van der Waals surface area contributed by atoms with Crippen LogP contribution in [0.5, 0.6) is 0 Å². The van der Waals surface area contributed by atoms with Crippen molar-refractivity contribution in [3.8, 4) is 0 Å². The van der Waals surface area contributed by atoms with Crippen molar-refractivity contribution in [3.63, 3.8) is 0 Å². The number of carbonyl (C=O) groups excluding carboxylic acids is 1. The first-order chi connectivity index (χ1) is 8.35. The van der Waals surface area contributed by atoms with Gasteiger partial charge < -0.3 is 10.0 Å². The monoisotopic (exact) mass is 287 g/mol. The van der Waals surface area contributed by atoms with Crippen LogP contribution < -0.4 is 0 Å². The molecule has 0 aromatic carbocycles. The minimum absolute atomic E-state index is 0.164. The van der Waals surface area contributed by atoms with Crippen LogP contribution >= 0.6 is 22.9 Å². The summed E-state index contributed by atoms with van der Waals surface area (Å²) in [6.45, 7) is 4.23. The Bertz CT molecular complexity index is 513. The summed E-state index contributed by atoms with van der Waals surface area (Å²) in [5.41, 5.74) is 0.0410. The van der Waals surface area contributed by atoms with E-state index in [1.165, 1.54) is 11.3 Å². The zero-order valence-electron chi connectivity index (χ0n) is 10.2. The van der Waals surface area contributed by atoms with E-state index in [1.807, 2.05) is 12.3 Å². The quantitative estimate of drug-likeness (QED) is 0.910. The molecule has 1 atom stereocenters. The molecule has 4 nitrogen and oxygen atoms in total. The van der Waals surface area contributed by atoms with Crippen molar-refractivity contribution >= 4 is 34.8 Å². The van der Waals surface area contributed by atoms with E-state index in [-0.39, 0.29) is 12.5 Å². The van der Waals surface area contributed by atoms with Gasteiger partial charge in [-0.2, -0.15) is 0 Å². The number of carbonyl (C=O) groups is 2. The topological polar surface area (TPSA) is 57.6 Å². The molecule has 1 aliphatic rings. The fraction of sp³-hybridized carbons (Fsp3) is 0.500. The van der Waals surface area contributed by atoms with Crippen LogP contribution in [0, 0.1) is 12.3 Å². The van der Waals surface area contributed by atoms with E-state index in [0.29, 0.717) is 22.9 Å². The molecule has 0 radical (unpaired) electrons. The lowest BCUT2D eigenvalue weighted by molar-refractivity contribution is -0.147. The van der Waals surface area contributed by atoms with Gasteiger partial charge in [-0.05, 0) is 31.2 Å². The SMILES string of the molecule is Cc1csc(C(=O)N2CCC(C)(C(=O)O)C2)c1Cl. The van der Waals surface area contributed by atoms with Crippen molar-refractivity contribution in [1.82, 2.24) is 4.90 Å². The molecule has 1 N–H and O–H groups in total. The fourth-order valence-corrected chi connectivity index (χ4v) is 3.27. The van der Waals surface area contributed by atoms with Crippen LogP contribution in [0.25, 0.3) is 0 Å². The molecule has 1 fully saturated rings. The number of aryl methyl sites for hydroxylation is 1. The number of amides is 1. The minimum Gasteiger partial charge on any atom is -0.481 e. The number of hydrogen-bond acceptors (Lipinski definition) is 3. The maximum atomic E-state index is 12.3. The van der Waals surface area contributed by atoms with Crippen molar-refractivity contribution in [3.05, 3.63) is 20.8 Å². The summed E-state index contributed by atoms with van der Waals surface area (Å²) in [7, 11) is 0. The Kier molecular flexibility index (Phi) is 3.38. The maximum Gasteiger partial charge on any atom is 0.311 e. The molecule has 18 heavy (non-hydrogen) atoms. The zero-order valence-corrected chi connectivity index (χ0v) is 11.8. The first kappa shape index (κ1) is 13.4. The van der Waals surface area contributed by atoms with Crippen LogP contribution in [0.1, 0.15) is 28.6 Å². The van der Waals surface area contributed by atoms with Crippen molar-refractivity contribution in [2.24, 2.45) is 5.41 Å². The second kappa shape index (κ2) is 4.55. The second-order valence-electron chi connectivity index (χ2n) is 4.90. The molecule has 2 heterocycles. The van der Waals surface area contributed by atoms with Crippen LogP contribution in [0.15, 0.2) is 5.38 Å². The highest BCUT2D eigenvalue weighted by atomic mass is 35.5. The smallest absolute Gasteiger partial charge is 0.311 e. The third-order valence-electron chi connectivity index (χ3n) is 3.37. The molecule has 98 valence electrons. The van der Waals surface area contributed by atoms with Gasteiger partial charge in [-0.3, -0.25) is 9.59 Å². The van der Waals surface area contributed by atoms with E-state index >= 15 is 0 Å². The summed E-state index contributed by atoms with van der Waals surface area (Å²) in [6, 6.07) is 0. The van der Waals surface area contributed by atoms with Gasteiger partial charge in [0.2, 0.25) is 0 Å². The number of thiophene rings is 1. The molecule has 1 aromatic rings. The molecule has 6 heteroatoms. The van der Waals surface area contributed by atoms with Gasteiger partial charge in [0.1, 0.15) is 4.88 Å². The Morgan fingerprint density at radius 2 is 2.22 bits per heavy atom. The number of carboxylic acids is 1. The maximum absolute atomic E-state index is 12.3. The lowest BCUT2D eigenvalue weighted by atomic mass is 9.90. The summed E-state index contributed by atoms with van der Waals surface area (Å²) in [6.07, 6.45) is 0.482. The molecule has 0 aliphatic carbocycles. The Balaban J connectivity index is 2.18. The lowest BCUT2D eigenvalue weighted by Gasteiger charge is -2.19. The molecular formula is C12H14ClNO3S. The fourth-order valence-electron chi connectivity index (χ4n) is 2.03. The van der Waals surface area contributed by atoms with Crippen molar-refractivity contribution in [2.75, 3.05) is 13.1 Å². The number of likely N-dealkylation sites (tertiary alicyclic amines) is 1. The first-order valence-electron chi connectivity index (χ1n) is 5.61. The number of aliphatic carboxylic acids is 1. The lowest BCUT2D eigenvalue weighted by Crippen LogP contribution is -2.34. The number of rotatable bonds is 2. The van der Waals surface area contributed by atoms with Crippen molar-refractivity contribution in [1.29, 1.82) is 0 Å². The highest BCUT2D eigenvalue weighted by Crippen LogP contribution is 2.34. The Hall–Kier alpha value is -1.07. The highest BCUT2D eigenvalue weighted by Gasteiger charge is 2.42. The molecule has 1 saturated heterocycles. The Morgan fingerprint density at radius 1 is 1.56 bits per heavy atom. The molecule has 0 bridgehead atoms. The summed E-state index contributed by atoms with van der Waals surface area (Å²) in [5.74, 6) is -1.02. The average Bonchev–Trinajstić information content (AvgIpc) is 2.85. The van der Waals surface area contributed by atoms with Gasteiger partial charge in [-0.15, -0.1) is 11.3 Å². The van der Waals surface area contributed by atoms with Crippen molar-refractivity contribution < 1.29 is 14.7 Å². The van der Waals surface area contributed by atoms with Crippen LogP contribution in [-0.2, 0) is 4.79 Å². The van der Waals surface area contributed by atoms with E-state index in [0.717, 1.165) is 5.56 Å². The van der Waals surface area contributed by atoms with Crippen LogP contribution in [-0.4, -0.2) is 35.0 Å². The molecule has 1 amide bonds. The summed E-state index contributed by atoms with van der Waals surface area (Å²) >= 11 is 7.37. The van der Waals surface area contributed by atoms with Crippen LogP contribution in [0.4, 0.5) is 0 Å². The number of halogens is 1. The summed E-state index contributed by atoms with van der Waals surface area (Å²) < 4.78 is 0. The summed E-state index contributed by atoms with van der Waals surface area (Å²) in [5, 5.41) is 11.5. The third kappa shape index (κ3) is 2.12. The van der Waals surface area contributed by atoms with Gasteiger partial charge >= 0.3 is 5.97 Å². The third-order valence-corrected chi connectivity index (χ3v) is 5.06. The first-order valence-corrected chi connectivity index (χ1v) is 6.87. The molecule has 2 rings (SSSR count). The number of nitrogens with zero attached hydrogens (tertiary/aromatic N) is 1. The average molecular weight is 288 g/mol. The van der Waals surface area contributed by atoms with Gasteiger partial charge in [0.25, 0.3) is 5.91 Å². The van der Waals surface area contributed by atoms with E-state index in [9.17, 15) is 9.59 Å². The second-order valence-corrected chi connectivity index (χ2v) is 6.16. The number of carboxylic acid groups (broad SMARTS) is 1. The molecule has 1 aromatic heterocycles. The number of hydrogen-bond donors (Lipinski definition) is 1. The Labute approximate surface area is 114 Å². The highest BCUT2D eigenvalue weighted by molar-refractivity contribution is 7.13. The predicted octanol–water partition coefficient (Wildman–Crippen LogP) is 2.65. The van der Waals surface area contributed by atoms with Gasteiger partial charge in [0, 0.05) is 13.1 Å². The molecule has 0 spiro atoms. The molecule has 1 aliphatic heterocycles.